The summed E-state index contributed by atoms with van der Waals surface area (Å²) in [6, 6.07) is 4.49. The number of hydrogen-bond donors (Lipinski definition) is 1. The average Bonchev–Trinajstić information content (AvgIpc) is 2.14. The molecular formula is C8H5F3O4. The van der Waals surface area contributed by atoms with Gasteiger partial charge in [0, 0.05) is 0 Å². The Morgan fingerprint density at radius 2 is 2.00 bits per heavy atom. The fourth-order valence-corrected chi connectivity index (χ4v) is 0.776. The first-order chi connectivity index (χ1) is 6.88. The van der Waals surface area contributed by atoms with Gasteiger partial charge >= 0.3 is 12.3 Å². The molecular weight excluding hydrogens is 217 g/mol. The molecule has 0 unspecified atom stereocenters. The second-order valence-electron chi connectivity index (χ2n) is 2.45. The van der Waals surface area contributed by atoms with Crippen LogP contribution in [0.25, 0.3) is 0 Å². The van der Waals surface area contributed by atoms with Gasteiger partial charge in [-0.2, -0.15) is 0 Å². The molecule has 0 bridgehead atoms. The van der Waals surface area contributed by atoms with E-state index < -0.39 is 12.3 Å². The molecule has 0 spiro atoms. The lowest BCUT2D eigenvalue weighted by Gasteiger charge is -2.06. The van der Waals surface area contributed by atoms with Crippen molar-refractivity contribution in [1.29, 1.82) is 0 Å². The number of halogens is 3. The van der Waals surface area contributed by atoms with Crippen molar-refractivity contribution in [2.75, 3.05) is 0 Å². The molecule has 0 radical (unpaired) electrons. The van der Waals surface area contributed by atoms with Gasteiger partial charge in [-0.05, 0) is 18.2 Å². The second-order valence-corrected chi connectivity index (χ2v) is 2.45. The van der Waals surface area contributed by atoms with Gasteiger partial charge in [0.2, 0.25) is 0 Å². The third-order valence-corrected chi connectivity index (χ3v) is 1.31. The van der Waals surface area contributed by atoms with Crippen LogP contribution in [-0.2, 0) is 4.89 Å². The van der Waals surface area contributed by atoms with Crippen molar-refractivity contribution >= 4 is 5.97 Å². The van der Waals surface area contributed by atoms with E-state index in [0.29, 0.717) is 0 Å². The fourth-order valence-electron chi connectivity index (χ4n) is 0.776. The Balaban J connectivity index is 2.70. The standard InChI is InChI=1S/C8H5F3O4/c9-8(10,11)15-14-6-3-1-2-5(4-6)7(12)13/h1-4H,(H,12,13). The molecule has 1 aromatic rings. The van der Waals surface area contributed by atoms with Crippen LogP contribution >= 0.6 is 0 Å². The highest BCUT2D eigenvalue weighted by Crippen LogP contribution is 2.20. The maximum atomic E-state index is 11.5. The monoisotopic (exact) mass is 222 g/mol. The van der Waals surface area contributed by atoms with Crippen molar-refractivity contribution in [2.24, 2.45) is 0 Å². The zero-order valence-electron chi connectivity index (χ0n) is 7.12. The van der Waals surface area contributed by atoms with Gasteiger partial charge in [0.15, 0.2) is 5.75 Å². The van der Waals surface area contributed by atoms with Crippen molar-refractivity contribution in [3.8, 4) is 5.75 Å². The van der Waals surface area contributed by atoms with E-state index in [4.69, 9.17) is 5.11 Å². The molecule has 0 saturated heterocycles. The van der Waals surface area contributed by atoms with Crippen molar-refractivity contribution in [3.05, 3.63) is 29.8 Å². The largest absolute Gasteiger partial charge is 0.558 e. The Morgan fingerprint density at radius 1 is 1.33 bits per heavy atom. The molecule has 15 heavy (non-hydrogen) atoms. The van der Waals surface area contributed by atoms with Crippen LogP contribution in [0.1, 0.15) is 10.4 Å². The van der Waals surface area contributed by atoms with E-state index in [1.807, 2.05) is 0 Å². The number of benzene rings is 1. The first kappa shape index (κ1) is 11.3. The Kier molecular flexibility index (Phi) is 3.15. The van der Waals surface area contributed by atoms with Crippen LogP contribution in [0, 0.1) is 0 Å². The third-order valence-electron chi connectivity index (χ3n) is 1.31. The zero-order valence-corrected chi connectivity index (χ0v) is 7.12. The summed E-state index contributed by atoms with van der Waals surface area (Å²) < 4.78 is 34.6. The molecule has 0 heterocycles. The Hall–Kier alpha value is -1.76. The van der Waals surface area contributed by atoms with Gasteiger partial charge in [-0.3, -0.25) is 0 Å². The summed E-state index contributed by atoms with van der Waals surface area (Å²) in [7, 11) is 0. The number of hydrogen-bond acceptors (Lipinski definition) is 3. The molecule has 0 aromatic heterocycles. The van der Waals surface area contributed by atoms with Crippen LogP contribution in [0.3, 0.4) is 0 Å². The maximum Gasteiger partial charge on any atom is 0.558 e. The van der Waals surface area contributed by atoms with Crippen molar-refractivity contribution in [1.82, 2.24) is 0 Å². The molecule has 0 fully saturated rings. The molecule has 82 valence electrons. The second kappa shape index (κ2) is 4.18. The SMILES string of the molecule is O=C(O)c1cccc(OOC(F)(F)F)c1. The van der Waals surface area contributed by atoms with Crippen molar-refractivity contribution in [2.45, 2.75) is 6.36 Å². The molecule has 1 N–H and O–H groups in total. The summed E-state index contributed by atoms with van der Waals surface area (Å²) >= 11 is 0. The number of carbonyl (C=O) groups is 1. The van der Waals surface area contributed by atoms with E-state index >= 15 is 0 Å². The van der Waals surface area contributed by atoms with Crippen LogP contribution in [0.2, 0.25) is 0 Å². The Bertz CT molecular complexity index is 361. The lowest BCUT2D eigenvalue weighted by Crippen LogP contribution is -2.16. The minimum atomic E-state index is -4.93. The van der Waals surface area contributed by atoms with E-state index in [2.05, 4.69) is 9.78 Å². The lowest BCUT2D eigenvalue weighted by molar-refractivity contribution is -0.444. The van der Waals surface area contributed by atoms with Crippen LogP contribution in [-0.4, -0.2) is 17.4 Å². The summed E-state index contributed by atoms with van der Waals surface area (Å²) in [5.74, 6) is -1.61. The molecule has 0 atom stereocenters. The molecule has 4 nitrogen and oxygen atoms in total. The summed E-state index contributed by atoms with van der Waals surface area (Å²) in [4.78, 5) is 17.4. The summed E-state index contributed by atoms with van der Waals surface area (Å²) in [5.41, 5.74) is -0.196. The molecule has 0 aliphatic rings. The number of carboxylic acids is 1. The highest BCUT2D eigenvalue weighted by molar-refractivity contribution is 5.87. The summed E-state index contributed by atoms with van der Waals surface area (Å²) in [6.45, 7) is 0. The fraction of sp³-hybridized carbons (Fsp3) is 0.125. The van der Waals surface area contributed by atoms with Gasteiger partial charge in [-0.1, -0.05) is 11.0 Å². The van der Waals surface area contributed by atoms with E-state index in [9.17, 15) is 18.0 Å². The molecule has 0 aliphatic carbocycles. The molecule has 1 rings (SSSR count). The number of rotatable bonds is 3. The van der Waals surface area contributed by atoms with E-state index in [1.54, 1.807) is 0 Å². The third kappa shape index (κ3) is 3.86. The zero-order chi connectivity index (χ0) is 11.5. The quantitative estimate of drug-likeness (QED) is 0.629. The van der Waals surface area contributed by atoms with Gasteiger partial charge in [0.25, 0.3) is 0 Å². The number of aromatic carboxylic acids is 1. The minimum absolute atomic E-state index is 0.196. The molecule has 0 saturated carbocycles. The lowest BCUT2D eigenvalue weighted by atomic mass is 10.2. The van der Waals surface area contributed by atoms with E-state index in [-0.39, 0.29) is 11.3 Å². The predicted molar refractivity (Wildman–Crippen MR) is 41.2 cm³/mol. The molecule has 0 aliphatic heterocycles. The van der Waals surface area contributed by atoms with Crippen molar-refractivity contribution in [3.63, 3.8) is 0 Å². The average molecular weight is 222 g/mol. The van der Waals surface area contributed by atoms with E-state index in [1.165, 1.54) is 12.1 Å². The van der Waals surface area contributed by atoms with Crippen LogP contribution < -0.4 is 4.89 Å². The molecule has 7 heteroatoms. The van der Waals surface area contributed by atoms with Gasteiger partial charge in [-0.25, -0.2) is 4.79 Å². The van der Waals surface area contributed by atoms with Crippen LogP contribution in [0.5, 0.6) is 5.75 Å². The summed E-state index contributed by atoms with van der Waals surface area (Å²) in [6.07, 6.45) is -4.93. The normalized spacial score (nSPS) is 11.1. The topological polar surface area (TPSA) is 55.8 Å². The van der Waals surface area contributed by atoms with Gasteiger partial charge in [0.1, 0.15) is 0 Å². The summed E-state index contributed by atoms with van der Waals surface area (Å²) in [5, 5.41) is 8.52. The van der Waals surface area contributed by atoms with E-state index in [0.717, 1.165) is 12.1 Å². The van der Waals surface area contributed by atoms with Crippen molar-refractivity contribution < 1.29 is 32.8 Å². The van der Waals surface area contributed by atoms with Crippen LogP contribution in [0.4, 0.5) is 13.2 Å². The first-order valence-electron chi connectivity index (χ1n) is 3.64. The smallest absolute Gasteiger partial charge is 0.478 e. The van der Waals surface area contributed by atoms with Gasteiger partial charge < -0.3 is 9.99 Å². The van der Waals surface area contributed by atoms with Gasteiger partial charge in [-0.15, -0.1) is 13.2 Å². The number of alkyl halides is 3. The number of carboxylic acid groups (broad SMARTS) is 1. The first-order valence-corrected chi connectivity index (χ1v) is 3.64. The Morgan fingerprint density at radius 3 is 2.53 bits per heavy atom. The Labute approximate surface area is 81.8 Å². The molecule has 0 amide bonds. The van der Waals surface area contributed by atoms with Crippen LogP contribution in [0.15, 0.2) is 24.3 Å². The highest BCUT2D eigenvalue weighted by atomic mass is 19.4. The minimum Gasteiger partial charge on any atom is -0.478 e. The van der Waals surface area contributed by atoms with Gasteiger partial charge in [0.05, 0.1) is 5.56 Å². The predicted octanol–water partition coefficient (Wildman–Crippen LogP) is 2.21. The maximum absolute atomic E-state index is 11.5. The molecule has 1 aromatic carbocycles. The highest BCUT2D eigenvalue weighted by Gasteiger charge is 2.32.